The van der Waals surface area contributed by atoms with E-state index in [2.05, 4.69) is 24.5 Å². The Bertz CT molecular complexity index is 413. The van der Waals surface area contributed by atoms with E-state index in [4.69, 9.17) is 0 Å². The van der Waals surface area contributed by atoms with Crippen molar-refractivity contribution in [3.05, 3.63) is 29.8 Å². The van der Waals surface area contributed by atoms with Gasteiger partial charge in [-0.25, -0.2) is 0 Å². The predicted molar refractivity (Wildman–Crippen MR) is 79.5 cm³/mol. The summed E-state index contributed by atoms with van der Waals surface area (Å²) in [4.78, 5) is 12.2. The number of carbonyl (C=O) groups excluding carboxylic acids is 1. The fraction of sp³-hybridized carbons (Fsp3) is 0.562. The molecule has 2 N–H and O–H groups in total. The topological polar surface area (TPSA) is 41.1 Å². The standard InChI is InChI=1S/C16H24N2O/c1-3-17-14-10-8-13(9-11-14)16(19)18-15-7-5-4-6-12(15)2/h8-12,15,17H,3-7H2,1-2H3,(H,18,19). The Balaban J connectivity index is 1.95. The van der Waals surface area contributed by atoms with Crippen molar-refractivity contribution in [3.8, 4) is 0 Å². The average Bonchev–Trinajstić information content (AvgIpc) is 2.42. The third kappa shape index (κ3) is 3.72. The highest BCUT2D eigenvalue weighted by atomic mass is 16.1. The van der Waals surface area contributed by atoms with E-state index in [1.807, 2.05) is 24.3 Å². The highest BCUT2D eigenvalue weighted by Crippen LogP contribution is 2.24. The first-order valence-corrected chi connectivity index (χ1v) is 7.35. The molecule has 0 heterocycles. The zero-order valence-corrected chi connectivity index (χ0v) is 11.9. The van der Waals surface area contributed by atoms with Crippen LogP contribution >= 0.6 is 0 Å². The van der Waals surface area contributed by atoms with Crippen LogP contribution in [0.4, 0.5) is 5.69 Å². The van der Waals surface area contributed by atoms with Crippen molar-refractivity contribution in [2.24, 2.45) is 5.92 Å². The van der Waals surface area contributed by atoms with E-state index >= 15 is 0 Å². The second kappa shape index (κ2) is 6.60. The van der Waals surface area contributed by atoms with Gasteiger partial charge in [-0.1, -0.05) is 19.8 Å². The second-order valence-electron chi connectivity index (χ2n) is 5.45. The van der Waals surface area contributed by atoms with E-state index in [1.54, 1.807) is 0 Å². The number of hydrogen-bond donors (Lipinski definition) is 2. The van der Waals surface area contributed by atoms with E-state index in [0.29, 0.717) is 12.0 Å². The number of rotatable bonds is 4. The molecule has 0 saturated heterocycles. The predicted octanol–water partition coefficient (Wildman–Crippen LogP) is 3.43. The van der Waals surface area contributed by atoms with Crippen LogP contribution in [-0.2, 0) is 0 Å². The zero-order chi connectivity index (χ0) is 13.7. The second-order valence-corrected chi connectivity index (χ2v) is 5.45. The van der Waals surface area contributed by atoms with Crippen molar-refractivity contribution in [2.45, 2.75) is 45.6 Å². The summed E-state index contributed by atoms with van der Waals surface area (Å²) in [7, 11) is 0. The van der Waals surface area contributed by atoms with Gasteiger partial charge in [0.2, 0.25) is 0 Å². The third-order valence-electron chi connectivity index (χ3n) is 3.96. The summed E-state index contributed by atoms with van der Waals surface area (Å²) in [5.74, 6) is 0.653. The Kier molecular flexibility index (Phi) is 4.83. The van der Waals surface area contributed by atoms with Crippen LogP contribution in [0.2, 0.25) is 0 Å². The number of benzene rings is 1. The smallest absolute Gasteiger partial charge is 0.251 e. The molecule has 0 radical (unpaired) electrons. The van der Waals surface area contributed by atoms with Gasteiger partial charge in [-0.2, -0.15) is 0 Å². The maximum atomic E-state index is 12.2. The molecule has 2 rings (SSSR count). The molecule has 3 nitrogen and oxygen atoms in total. The summed E-state index contributed by atoms with van der Waals surface area (Å²) in [6, 6.07) is 8.04. The first kappa shape index (κ1) is 13.9. The Labute approximate surface area is 115 Å². The van der Waals surface area contributed by atoms with Gasteiger partial charge in [-0.3, -0.25) is 4.79 Å². The van der Waals surface area contributed by atoms with Crippen LogP contribution in [0.1, 0.15) is 49.9 Å². The molecule has 1 saturated carbocycles. The van der Waals surface area contributed by atoms with E-state index in [9.17, 15) is 4.79 Å². The molecule has 0 bridgehead atoms. The molecule has 2 unspecified atom stereocenters. The van der Waals surface area contributed by atoms with Gasteiger partial charge in [-0.15, -0.1) is 0 Å². The molecule has 1 aliphatic carbocycles. The van der Waals surface area contributed by atoms with E-state index in [0.717, 1.165) is 24.2 Å². The molecule has 1 amide bonds. The highest BCUT2D eigenvalue weighted by Gasteiger charge is 2.23. The number of nitrogens with one attached hydrogen (secondary N) is 2. The molecule has 19 heavy (non-hydrogen) atoms. The molecule has 2 atom stereocenters. The number of carbonyl (C=O) groups is 1. The van der Waals surface area contributed by atoms with Gasteiger partial charge in [0.1, 0.15) is 0 Å². The number of hydrogen-bond acceptors (Lipinski definition) is 2. The minimum Gasteiger partial charge on any atom is -0.385 e. The van der Waals surface area contributed by atoms with Crippen LogP contribution in [0, 0.1) is 5.92 Å². The highest BCUT2D eigenvalue weighted by molar-refractivity contribution is 5.94. The first-order chi connectivity index (χ1) is 9.20. The Morgan fingerprint density at radius 1 is 1.21 bits per heavy atom. The van der Waals surface area contributed by atoms with Crippen LogP contribution in [0.5, 0.6) is 0 Å². The van der Waals surface area contributed by atoms with Crippen molar-refractivity contribution in [3.63, 3.8) is 0 Å². The average molecular weight is 260 g/mol. The normalized spacial score (nSPS) is 22.8. The lowest BCUT2D eigenvalue weighted by atomic mass is 9.86. The molecule has 1 fully saturated rings. The van der Waals surface area contributed by atoms with Crippen LogP contribution in [-0.4, -0.2) is 18.5 Å². The molecule has 1 aliphatic rings. The molecule has 0 aliphatic heterocycles. The van der Waals surface area contributed by atoms with Crippen LogP contribution < -0.4 is 10.6 Å². The van der Waals surface area contributed by atoms with Gasteiger partial charge >= 0.3 is 0 Å². The molecule has 1 aromatic carbocycles. The molecular formula is C16H24N2O. The minimum absolute atomic E-state index is 0.0572. The van der Waals surface area contributed by atoms with Gasteiger partial charge in [0.05, 0.1) is 0 Å². The molecular weight excluding hydrogens is 236 g/mol. The van der Waals surface area contributed by atoms with Crippen molar-refractivity contribution in [2.75, 3.05) is 11.9 Å². The monoisotopic (exact) mass is 260 g/mol. The van der Waals surface area contributed by atoms with Crippen LogP contribution in [0.25, 0.3) is 0 Å². The lowest BCUT2D eigenvalue weighted by Crippen LogP contribution is -2.41. The zero-order valence-electron chi connectivity index (χ0n) is 11.9. The maximum Gasteiger partial charge on any atom is 0.251 e. The van der Waals surface area contributed by atoms with Crippen molar-refractivity contribution >= 4 is 11.6 Å². The van der Waals surface area contributed by atoms with E-state index in [1.165, 1.54) is 19.3 Å². The summed E-state index contributed by atoms with van der Waals surface area (Å²) in [5, 5.41) is 6.41. The number of amides is 1. The van der Waals surface area contributed by atoms with Gasteiger partial charge in [0.15, 0.2) is 0 Å². The molecule has 0 aromatic heterocycles. The molecule has 0 spiro atoms. The lowest BCUT2D eigenvalue weighted by Gasteiger charge is -2.29. The molecule has 1 aromatic rings. The summed E-state index contributed by atoms with van der Waals surface area (Å²) >= 11 is 0. The molecule has 3 heteroatoms. The van der Waals surface area contributed by atoms with Crippen LogP contribution in [0.3, 0.4) is 0 Å². The van der Waals surface area contributed by atoms with E-state index < -0.39 is 0 Å². The third-order valence-corrected chi connectivity index (χ3v) is 3.96. The van der Waals surface area contributed by atoms with Crippen molar-refractivity contribution in [1.29, 1.82) is 0 Å². The first-order valence-electron chi connectivity index (χ1n) is 7.35. The van der Waals surface area contributed by atoms with Crippen molar-refractivity contribution < 1.29 is 4.79 Å². The fourth-order valence-electron chi connectivity index (χ4n) is 2.73. The summed E-state index contributed by atoms with van der Waals surface area (Å²) in [6.45, 7) is 5.19. The van der Waals surface area contributed by atoms with Gasteiger partial charge in [0.25, 0.3) is 5.91 Å². The quantitative estimate of drug-likeness (QED) is 0.871. The largest absolute Gasteiger partial charge is 0.385 e. The van der Waals surface area contributed by atoms with E-state index in [-0.39, 0.29) is 5.91 Å². The SMILES string of the molecule is CCNc1ccc(C(=O)NC2CCCCC2C)cc1. The Hall–Kier alpha value is -1.51. The fourth-order valence-corrected chi connectivity index (χ4v) is 2.73. The maximum absolute atomic E-state index is 12.2. The minimum atomic E-state index is 0.0572. The van der Waals surface area contributed by atoms with Gasteiger partial charge in [0, 0.05) is 23.8 Å². The summed E-state index contributed by atoms with van der Waals surface area (Å²) < 4.78 is 0. The van der Waals surface area contributed by atoms with Gasteiger partial charge in [-0.05, 0) is 49.9 Å². The molecule has 104 valence electrons. The Morgan fingerprint density at radius 3 is 2.53 bits per heavy atom. The number of anilines is 1. The lowest BCUT2D eigenvalue weighted by molar-refractivity contribution is 0.0910. The van der Waals surface area contributed by atoms with Crippen LogP contribution in [0.15, 0.2) is 24.3 Å². The van der Waals surface area contributed by atoms with Crippen molar-refractivity contribution in [1.82, 2.24) is 5.32 Å². The Morgan fingerprint density at radius 2 is 1.89 bits per heavy atom. The van der Waals surface area contributed by atoms with Gasteiger partial charge < -0.3 is 10.6 Å². The summed E-state index contributed by atoms with van der Waals surface area (Å²) in [5.41, 5.74) is 1.81. The summed E-state index contributed by atoms with van der Waals surface area (Å²) in [6.07, 6.45) is 4.87.